The summed E-state index contributed by atoms with van der Waals surface area (Å²) in [5.41, 5.74) is 3.81. The first-order valence-electron chi connectivity index (χ1n) is 7.55. The highest BCUT2D eigenvalue weighted by atomic mass is 19.1. The van der Waals surface area contributed by atoms with E-state index >= 15 is 0 Å². The van der Waals surface area contributed by atoms with Gasteiger partial charge in [0.2, 0.25) is 11.8 Å². The second-order valence-corrected chi connectivity index (χ2v) is 5.36. The van der Waals surface area contributed by atoms with E-state index in [9.17, 15) is 4.39 Å². The van der Waals surface area contributed by atoms with Crippen LogP contribution in [-0.2, 0) is 0 Å². The maximum Gasteiger partial charge on any atom is 0.248 e. The molecular formula is C20H13FN2O. The molecule has 1 aromatic heterocycles. The van der Waals surface area contributed by atoms with Gasteiger partial charge in [0, 0.05) is 11.1 Å². The lowest BCUT2D eigenvalue weighted by Crippen LogP contribution is -1.80. The Balaban J connectivity index is 1.62. The summed E-state index contributed by atoms with van der Waals surface area (Å²) in [5, 5.41) is 8.11. The zero-order valence-corrected chi connectivity index (χ0v) is 12.7. The van der Waals surface area contributed by atoms with E-state index in [1.807, 2.05) is 42.5 Å². The number of rotatable bonds is 3. The van der Waals surface area contributed by atoms with Gasteiger partial charge < -0.3 is 4.42 Å². The predicted molar refractivity (Wildman–Crippen MR) is 90.6 cm³/mol. The number of halogens is 1. The van der Waals surface area contributed by atoms with E-state index < -0.39 is 0 Å². The molecule has 3 aromatic carbocycles. The number of hydrogen-bond acceptors (Lipinski definition) is 3. The van der Waals surface area contributed by atoms with Crippen LogP contribution in [0.25, 0.3) is 34.0 Å². The van der Waals surface area contributed by atoms with Crippen LogP contribution in [0.3, 0.4) is 0 Å². The molecule has 0 unspecified atom stereocenters. The van der Waals surface area contributed by atoms with Gasteiger partial charge in [-0.3, -0.25) is 0 Å². The molecule has 0 aliphatic heterocycles. The van der Waals surface area contributed by atoms with Gasteiger partial charge in [-0.15, -0.1) is 10.2 Å². The number of benzene rings is 3. The third kappa shape index (κ3) is 2.82. The summed E-state index contributed by atoms with van der Waals surface area (Å²) in [6.45, 7) is 0. The Hall–Kier alpha value is -3.27. The molecule has 4 rings (SSSR count). The molecule has 0 aliphatic carbocycles. The maximum absolute atomic E-state index is 13.0. The summed E-state index contributed by atoms with van der Waals surface area (Å²) in [7, 11) is 0. The van der Waals surface area contributed by atoms with E-state index in [4.69, 9.17) is 4.42 Å². The van der Waals surface area contributed by atoms with Crippen molar-refractivity contribution in [3.8, 4) is 34.0 Å². The van der Waals surface area contributed by atoms with Crippen LogP contribution in [0.15, 0.2) is 83.3 Å². The minimum Gasteiger partial charge on any atom is -0.416 e. The summed E-state index contributed by atoms with van der Waals surface area (Å²) < 4.78 is 18.7. The summed E-state index contributed by atoms with van der Waals surface area (Å²) >= 11 is 0. The van der Waals surface area contributed by atoms with Crippen molar-refractivity contribution in [1.29, 1.82) is 0 Å². The van der Waals surface area contributed by atoms with Crippen LogP contribution in [0, 0.1) is 5.82 Å². The van der Waals surface area contributed by atoms with Crippen molar-refractivity contribution in [1.82, 2.24) is 10.2 Å². The van der Waals surface area contributed by atoms with E-state index in [1.54, 1.807) is 12.1 Å². The zero-order valence-electron chi connectivity index (χ0n) is 12.7. The Morgan fingerprint density at radius 1 is 0.542 bits per heavy atom. The first-order valence-corrected chi connectivity index (χ1v) is 7.55. The second-order valence-electron chi connectivity index (χ2n) is 5.36. The highest BCUT2D eigenvalue weighted by molar-refractivity contribution is 5.67. The molecule has 0 saturated heterocycles. The molecule has 0 aliphatic rings. The normalized spacial score (nSPS) is 10.7. The van der Waals surface area contributed by atoms with Crippen molar-refractivity contribution in [3.05, 3.63) is 84.7 Å². The van der Waals surface area contributed by atoms with E-state index in [2.05, 4.69) is 22.3 Å². The van der Waals surface area contributed by atoms with Crippen LogP contribution in [0.4, 0.5) is 4.39 Å². The van der Waals surface area contributed by atoms with Gasteiger partial charge in [0.1, 0.15) is 5.82 Å². The van der Waals surface area contributed by atoms with Gasteiger partial charge in [-0.05, 0) is 47.5 Å². The third-order valence-electron chi connectivity index (χ3n) is 3.76. The van der Waals surface area contributed by atoms with Gasteiger partial charge in [0.15, 0.2) is 0 Å². The molecule has 0 saturated carbocycles. The van der Waals surface area contributed by atoms with Crippen LogP contribution in [0.5, 0.6) is 0 Å². The van der Waals surface area contributed by atoms with Crippen molar-refractivity contribution >= 4 is 0 Å². The fraction of sp³-hybridized carbons (Fsp3) is 0. The van der Waals surface area contributed by atoms with Crippen molar-refractivity contribution in [2.45, 2.75) is 0 Å². The van der Waals surface area contributed by atoms with Gasteiger partial charge in [-0.1, -0.05) is 42.5 Å². The first-order chi connectivity index (χ1) is 11.8. The molecule has 0 amide bonds. The van der Waals surface area contributed by atoms with Crippen LogP contribution in [-0.4, -0.2) is 10.2 Å². The lowest BCUT2D eigenvalue weighted by molar-refractivity contribution is 0.584. The molecule has 0 fully saturated rings. The van der Waals surface area contributed by atoms with Gasteiger partial charge in [-0.25, -0.2) is 4.39 Å². The maximum atomic E-state index is 13.0. The van der Waals surface area contributed by atoms with Crippen LogP contribution >= 0.6 is 0 Å². The fourth-order valence-corrected chi connectivity index (χ4v) is 2.48. The number of hydrogen-bond donors (Lipinski definition) is 0. The molecule has 0 atom stereocenters. The van der Waals surface area contributed by atoms with Crippen LogP contribution < -0.4 is 0 Å². The molecule has 0 N–H and O–H groups in total. The average Bonchev–Trinajstić information content (AvgIpc) is 3.13. The van der Waals surface area contributed by atoms with Gasteiger partial charge >= 0.3 is 0 Å². The van der Waals surface area contributed by atoms with Crippen molar-refractivity contribution in [3.63, 3.8) is 0 Å². The topological polar surface area (TPSA) is 38.9 Å². The van der Waals surface area contributed by atoms with Crippen molar-refractivity contribution < 1.29 is 8.81 Å². The van der Waals surface area contributed by atoms with Gasteiger partial charge in [-0.2, -0.15) is 0 Å². The molecule has 4 heteroatoms. The molecule has 0 spiro atoms. The van der Waals surface area contributed by atoms with E-state index in [1.165, 1.54) is 12.1 Å². The Morgan fingerprint density at radius 2 is 1.00 bits per heavy atom. The Bertz CT molecular complexity index is 945. The van der Waals surface area contributed by atoms with E-state index in [0.717, 1.165) is 16.7 Å². The van der Waals surface area contributed by atoms with Crippen molar-refractivity contribution in [2.75, 3.05) is 0 Å². The van der Waals surface area contributed by atoms with Crippen LogP contribution in [0.1, 0.15) is 0 Å². The Kier molecular flexibility index (Phi) is 3.63. The minimum atomic E-state index is -0.296. The highest BCUT2D eigenvalue weighted by Crippen LogP contribution is 2.26. The van der Waals surface area contributed by atoms with Gasteiger partial charge in [0.25, 0.3) is 0 Å². The van der Waals surface area contributed by atoms with E-state index in [0.29, 0.717) is 17.3 Å². The Labute approximate surface area is 138 Å². The quantitative estimate of drug-likeness (QED) is 0.521. The predicted octanol–water partition coefficient (Wildman–Crippen LogP) is 5.21. The zero-order chi connectivity index (χ0) is 16.4. The molecule has 0 bridgehead atoms. The largest absolute Gasteiger partial charge is 0.416 e. The lowest BCUT2D eigenvalue weighted by Gasteiger charge is -2.02. The van der Waals surface area contributed by atoms with Gasteiger partial charge in [0.05, 0.1) is 0 Å². The summed E-state index contributed by atoms with van der Waals surface area (Å²) in [6.07, 6.45) is 0. The second kappa shape index (κ2) is 6.08. The van der Waals surface area contributed by atoms with Crippen LogP contribution in [0.2, 0.25) is 0 Å². The molecule has 1 heterocycles. The highest BCUT2D eigenvalue weighted by Gasteiger charge is 2.10. The molecular weight excluding hydrogens is 303 g/mol. The van der Waals surface area contributed by atoms with Crippen molar-refractivity contribution in [2.24, 2.45) is 0 Å². The number of aromatic nitrogens is 2. The molecule has 4 aromatic rings. The fourth-order valence-electron chi connectivity index (χ4n) is 2.48. The summed E-state index contributed by atoms with van der Waals surface area (Å²) in [5.74, 6) is 0.515. The van der Waals surface area contributed by atoms with E-state index in [-0.39, 0.29) is 5.82 Å². The molecule has 3 nitrogen and oxygen atoms in total. The lowest BCUT2D eigenvalue weighted by atomic mass is 10.0. The standard InChI is InChI=1S/C20H13FN2O/c21-18-12-10-17(11-13-18)20-23-22-19(24-20)16-8-6-15(7-9-16)14-4-2-1-3-5-14/h1-13H. The average molecular weight is 316 g/mol. The smallest absolute Gasteiger partial charge is 0.248 e. The number of nitrogens with zero attached hydrogens (tertiary/aromatic N) is 2. The monoisotopic (exact) mass is 316 g/mol. The first kappa shape index (κ1) is 14.3. The summed E-state index contributed by atoms with van der Waals surface area (Å²) in [4.78, 5) is 0. The molecule has 0 radical (unpaired) electrons. The minimum absolute atomic E-state index is 0.296. The molecule has 116 valence electrons. The molecule has 24 heavy (non-hydrogen) atoms. The summed E-state index contributed by atoms with van der Waals surface area (Å²) in [6, 6.07) is 24.0. The third-order valence-corrected chi connectivity index (χ3v) is 3.76. The SMILES string of the molecule is Fc1ccc(-c2nnc(-c3ccc(-c4ccccc4)cc3)o2)cc1. The Morgan fingerprint density at radius 3 is 1.58 bits per heavy atom.